The van der Waals surface area contributed by atoms with Crippen molar-refractivity contribution in [3.05, 3.63) is 34.4 Å². The average Bonchev–Trinajstić information content (AvgIpc) is 2.49. The highest BCUT2D eigenvalue weighted by molar-refractivity contribution is 9.10. The number of ether oxygens (including phenoxy) is 1. The van der Waals surface area contributed by atoms with Gasteiger partial charge in [-0.05, 0) is 42.8 Å². The summed E-state index contributed by atoms with van der Waals surface area (Å²) in [6.07, 6.45) is 1.61. The van der Waals surface area contributed by atoms with E-state index in [2.05, 4.69) is 39.7 Å². The number of nitrogens with zero attached hydrogens (tertiary/aromatic N) is 2. The number of aromatic nitrogens is 1. The van der Waals surface area contributed by atoms with Crippen LogP contribution in [0.15, 0.2) is 28.9 Å². The number of halogens is 1. The largest absolute Gasteiger partial charge is 0.462 e. The Hall–Kier alpha value is -1.62. The second-order valence-electron chi connectivity index (χ2n) is 4.55. The normalized spacial score (nSPS) is 10.7. The van der Waals surface area contributed by atoms with E-state index in [1.54, 1.807) is 13.1 Å². The maximum absolute atomic E-state index is 12.2. The summed E-state index contributed by atoms with van der Waals surface area (Å²) in [5.41, 5.74) is 2.27. The molecule has 112 valence electrons. The maximum atomic E-state index is 12.2. The van der Waals surface area contributed by atoms with Gasteiger partial charge in [0.15, 0.2) is 0 Å². The number of anilines is 1. The Labute approximate surface area is 133 Å². The fraction of sp³-hybridized carbons (Fsp3) is 0.375. The fourth-order valence-electron chi connectivity index (χ4n) is 2.41. The van der Waals surface area contributed by atoms with E-state index in [1.807, 2.05) is 18.2 Å². The highest BCUT2D eigenvalue weighted by atomic mass is 79.9. The molecule has 0 fully saturated rings. The highest BCUT2D eigenvalue weighted by Crippen LogP contribution is 2.33. The maximum Gasteiger partial charge on any atom is 0.341 e. The second kappa shape index (κ2) is 6.89. The lowest BCUT2D eigenvalue weighted by Crippen LogP contribution is -2.25. The summed E-state index contributed by atoms with van der Waals surface area (Å²) in [6, 6.07) is 5.89. The van der Waals surface area contributed by atoms with E-state index >= 15 is 0 Å². The van der Waals surface area contributed by atoms with Gasteiger partial charge in [-0.25, -0.2) is 4.79 Å². The second-order valence-corrected chi connectivity index (χ2v) is 5.40. The van der Waals surface area contributed by atoms with Gasteiger partial charge in [-0.1, -0.05) is 12.1 Å². The van der Waals surface area contributed by atoms with Crippen LogP contribution in [-0.2, 0) is 4.74 Å². The Morgan fingerprint density at radius 3 is 2.62 bits per heavy atom. The molecule has 1 heterocycles. The molecule has 0 saturated carbocycles. The van der Waals surface area contributed by atoms with Crippen LogP contribution in [0.25, 0.3) is 10.9 Å². The highest BCUT2D eigenvalue weighted by Gasteiger charge is 2.20. The lowest BCUT2D eigenvalue weighted by Gasteiger charge is -2.25. The van der Waals surface area contributed by atoms with Gasteiger partial charge in [0, 0.05) is 29.1 Å². The first kappa shape index (κ1) is 15.8. The monoisotopic (exact) mass is 350 g/mol. The molecule has 0 spiro atoms. The molecule has 2 aromatic rings. The minimum Gasteiger partial charge on any atom is -0.462 e. The molecule has 0 N–H and O–H groups in total. The number of pyridine rings is 1. The van der Waals surface area contributed by atoms with Gasteiger partial charge in [0.05, 0.1) is 17.8 Å². The Kier molecular flexibility index (Phi) is 5.17. The zero-order valence-electron chi connectivity index (χ0n) is 12.5. The number of rotatable bonds is 5. The molecule has 0 bridgehead atoms. The van der Waals surface area contributed by atoms with E-state index in [9.17, 15) is 4.79 Å². The molecular formula is C16H19BrN2O2. The molecule has 0 aliphatic heterocycles. The van der Waals surface area contributed by atoms with Gasteiger partial charge in [-0.3, -0.25) is 4.98 Å². The third-order valence-corrected chi connectivity index (χ3v) is 4.03. The first-order valence-electron chi connectivity index (χ1n) is 7.13. The number of carbonyl (C=O) groups is 1. The summed E-state index contributed by atoms with van der Waals surface area (Å²) in [5, 5.41) is 0.957. The van der Waals surface area contributed by atoms with Gasteiger partial charge in [-0.2, -0.15) is 0 Å². The van der Waals surface area contributed by atoms with Crippen molar-refractivity contribution in [1.29, 1.82) is 0 Å². The van der Waals surface area contributed by atoms with Gasteiger partial charge in [0.2, 0.25) is 0 Å². The minimum absolute atomic E-state index is 0.325. The molecule has 0 unspecified atom stereocenters. The summed E-state index contributed by atoms with van der Waals surface area (Å²) in [6.45, 7) is 7.93. The lowest BCUT2D eigenvalue weighted by atomic mass is 10.1. The molecule has 2 rings (SSSR count). The number of carbonyl (C=O) groups excluding carboxylic acids is 1. The molecular weight excluding hydrogens is 332 g/mol. The summed E-state index contributed by atoms with van der Waals surface area (Å²) < 4.78 is 6.09. The van der Waals surface area contributed by atoms with Crippen LogP contribution in [0.2, 0.25) is 0 Å². The van der Waals surface area contributed by atoms with Crippen molar-refractivity contribution in [1.82, 2.24) is 4.98 Å². The van der Waals surface area contributed by atoms with Crippen LogP contribution in [0.3, 0.4) is 0 Å². The van der Waals surface area contributed by atoms with Crippen molar-refractivity contribution >= 4 is 38.5 Å². The van der Waals surface area contributed by atoms with E-state index in [-0.39, 0.29) is 5.97 Å². The third-order valence-electron chi connectivity index (χ3n) is 3.39. The summed E-state index contributed by atoms with van der Waals surface area (Å²) in [5.74, 6) is -0.325. The van der Waals surface area contributed by atoms with Crippen molar-refractivity contribution in [3.63, 3.8) is 0 Å². The zero-order chi connectivity index (χ0) is 15.4. The van der Waals surface area contributed by atoms with Crippen LogP contribution in [0.4, 0.5) is 5.69 Å². The number of fused-ring (bicyclic) bond motifs is 1. The number of hydrogen-bond donors (Lipinski definition) is 0. The van der Waals surface area contributed by atoms with E-state index in [0.29, 0.717) is 12.2 Å². The number of para-hydroxylation sites is 1. The quantitative estimate of drug-likeness (QED) is 0.763. The Morgan fingerprint density at radius 2 is 2.00 bits per heavy atom. The van der Waals surface area contributed by atoms with Crippen LogP contribution in [-0.4, -0.2) is 30.6 Å². The minimum atomic E-state index is -0.325. The molecule has 4 nitrogen and oxygen atoms in total. The molecule has 21 heavy (non-hydrogen) atoms. The molecule has 5 heteroatoms. The Bertz CT molecular complexity index is 654. The molecule has 0 aliphatic rings. The lowest BCUT2D eigenvalue weighted by molar-refractivity contribution is 0.0527. The Morgan fingerprint density at radius 1 is 1.29 bits per heavy atom. The van der Waals surface area contributed by atoms with E-state index in [4.69, 9.17) is 4.74 Å². The molecule has 1 aromatic heterocycles. The van der Waals surface area contributed by atoms with Gasteiger partial charge in [0.1, 0.15) is 5.56 Å². The first-order valence-corrected chi connectivity index (χ1v) is 7.92. The van der Waals surface area contributed by atoms with Crippen molar-refractivity contribution < 1.29 is 9.53 Å². The summed E-state index contributed by atoms with van der Waals surface area (Å²) in [7, 11) is 0. The fourth-order valence-corrected chi connectivity index (χ4v) is 2.88. The van der Waals surface area contributed by atoms with Crippen LogP contribution in [0.1, 0.15) is 31.1 Å². The van der Waals surface area contributed by atoms with Crippen LogP contribution >= 0.6 is 15.9 Å². The summed E-state index contributed by atoms with van der Waals surface area (Å²) in [4.78, 5) is 18.8. The Balaban J connectivity index is 2.74. The average molecular weight is 351 g/mol. The van der Waals surface area contributed by atoms with Gasteiger partial charge < -0.3 is 9.64 Å². The van der Waals surface area contributed by atoms with Crippen molar-refractivity contribution in [3.8, 4) is 0 Å². The van der Waals surface area contributed by atoms with Crippen LogP contribution < -0.4 is 4.90 Å². The SMILES string of the molecule is CCOC(=O)c1cnc2c(Br)cccc2c1N(CC)CC. The van der Waals surface area contributed by atoms with E-state index in [1.165, 1.54) is 0 Å². The van der Waals surface area contributed by atoms with Crippen LogP contribution in [0.5, 0.6) is 0 Å². The van der Waals surface area contributed by atoms with E-state index < -0.39 is 0 Å². The van der Waals surface area contributed by atoms with Crippen molar-refractivity contribution in [2.45, 2.75) is 20.8 Å². The molecule has 1 aromatic carbocycles. The molecule has 0 aliphatic carbocycles. The topological polar surface area (TPSA) is 42.4 Å². The molecule has 0 saturated heterocycles. The molecule has 0 radical (unpaired) electrons. The summed E-state index contributed by atoms with van der Waals surface area (Å²) >= 11 is 3.52. The molecule has 0 atom stereocenters. The van der Waals surface area contributed by atoms with Gasteiger partial charge >= 0.3 is 5.97 Å². The smallest absolute Gasteiger partial charge is 0.341 e. The van der Waals surface area contributed by atoms with Crippen molar-refractivity contribution in [2.75, 3.05) is 24.6 Å². The molecule has 0 amide bonds. The number of benzene rings is 1. The number of hydrogen-bond acceptors (Lipinski definition) is 4. The van der Waals surface area contributed by atoms with Gasteiger partial charge in [-0.15, -0.1) is 0 Å². The van der Waals surface area contributed by atoms with E-state index in [0.717, 1.165) is 34.2 Å². The van der Waals surface area contributed by atoms with Gasteiger partial charge in [0.25, 0.3) is 0 Å². The predicted octanol–water partition coefficient (Wildman–Crippen LogP) is 4.02. The predicted molar refractivity (Wildman–Crippen MR) is 89.0 cm³/mol. The first-order chi connectivity index (χ1) is 10.1. The zero-order valence-corrected chi connectivity index (χ0v) is 14.1. The third kappa shape index (κ3) is 3.02. The van der Waals surface area contributed by atoms with Crippen molar-refractivity contribution in [2.24, 2.45) is 0 Å². The standard InChI is InChI=1S/C16H19BrN2O2/c1-4-19(5-2)15-11-8-7-9-13(17)14(11)18-10-12(15)16(20)21-6-3/h7-10H,4-6H2,1-3H3. The number of esters is 1. The van der Waals surface area contributed by atoms with Crippen LogP contribution in [0, 0.1) is 0 Å².